The molecule has 98 valence electrons. The molecule has 0 amide bonds. The standard InChI is InChI=1S/C13H23NOS2/c1-4-14(5-2)13(16)17-9-11-10(3)7-6-8-12(11)15/h10-11H,4-9H2,1-3H3. The molecule has 0 aromatic rings. The van der Waals surface area contributed by atoms with Gasteiger partial charge in [-0.2, -0.15) is 0 Å². The highest BCUT2D eigenvalue weighted by Gasteiger charge is 2.29. The molecule has 0 spiro atoms. The molecule has 0 heterocycles. The van der Waals surface area contributed by atoms with Crippen LogP contribution in [-0.4, -0.2) is 33.8 Å². The van der Waals surface area contributed by atoms with E-state index in [1.54, 1.807) is 11.8 Å². The van der Waals surface area contributed by atoms with E-state index in [1.165, 1.54) is 6.42 Å². The number of hydrogen-bond donors (Lipinski definition) is 0. The first-order chi connectivity index (χ1) is 8.10. The van der Waals surface area contributed by atoms with Gasteiger partial charge in [-0.3, -0.25) is 4.79 Å². The van der Waals surface area contributed by atoms with Gasteiger partial charge in [0.05, 0.1) is 0 Å². The van der Waals surface area contributed by atoms with Crippen molar-refractivity contribution < 1.29 is 4.79 Å². The van der Waals surface area contributed by atoms with E-state index in [2.05, 4.69) is 25.7 Å². The van der Waals surface area contributed by atoms with Crippen molar-refractivity contribution in [2.45, 2.75) is 40.0 Å². The van der Waals surface area contributed by atoms with E-state index in [0.29, 0.717) is 11.7 Å². The normalized spacial score (nSPS) is 24.8. The monoisotopic (exact) mass is 273 g/mol. The van der Waals surface area contributed by atoms with Crippen molar-refractivity contribution in [3.05, 3.63) is 0 Å². The first-order valence-corrected chi connectivity index (χ1v) is 7.93. The fourth-order valence-corrected chi connectivity index (χ4v) is 4.03. The molecule has 1 aliphatic rings. The Morgan fingerprint density at radius 2 is 2.12 bits per heavy atom. The average Bonchev–Trinajstić information content (AvgIpc) is 2.30. The van der Waals surface area contributed by atoms with Gasteiger partial charge in [-0.25, -0.2) is 0 Å². The summed E-state index contributed by atoms with van der Waals surface area (Å²) in [4.78, 5) is 14.0. The lowest BCUT2D eigenvalue weighted by atomic mass is 9.81. The highest BCUT2D eigenvalue weighted by molar-refractivity contribution is 8.22. The molecule has 2 unspecified atom stereocenters. The largest absolute Gasteiger partial charge is 0.358 e. The van der Waals surface area contributed by atoms with Crippen molar-refractivity contribution in [3.63, 3.8) is 0 Å². The SMILES string of the molecule is CCN(CC)C(=S)SCC1C(=O)CCCC1C. The molecule has 0 N–H and O–H groups in total. The number of rotatable bonds is 4. The summed E-state index contributed by atoms with van der Waals surface area (Å²) in [7, 11) is 0. The lowest BCUT2D eigenvalue weighted by Gasteiger charge is -2.28. The van der Waals surface area contributed by atoms with Crippen LogP contribution in [0.25, 0.3) is 0 Å². The molecule has 0 aliphatic heterocycles. The Kier molecular flexibility index (Phi) is 6.49. The van der Waals surface area contributed by atoms with E-state index in [9.17, 15) is 4.79 Å². The first kappa shape index (κ1) is 15.0. The number of nitrogens with zero attached hydrogens (tertiary/aromatic N) is 1. The summed E-state index contributed by atoms with van der Waals surface area (Å²) >= 11 is 7.08. The van der Waals surface area contributed by atoms with Crippen LogP contribution >= 0.6 is 24.0 Å². The quantitative estimate of drug-likeness (QED) is 0.732. The molecule has 2 nitrogen and oxygen atoms in total. The topological polar surface area (TPSA) is 20.3 Å². The molecule has 4 heteroatoms. The molecule has 2 atom stereocenters. The minimum Gasteiger partial charge on any atom is -0.358 e. The molecule has 0 bridgehead atoms. The zero-order valence-corrected chi connectivity index (χ0v) is 12.7. The van der Waals surface area contributed by atoms with Crippen molar-refractivity contribution in [1.29, 1.82) is 0 Å². The molecule has 1 aliphatic carbocycles. The Bertz CT molecular complexity index is 277. The molecule has 0 saturated heterocycles. The van der Waals surface area contributed by atoms with Gasteiger partial charge in [-0.1, -0.05) is 30.9 Å². The Hall–Kier alpha value is -0.0900. The number of ketones is 1. The Morgan fingerprint density at radius 1 is 1.47 bits per heavy atom. The van der Waals surface area contributed by atoms with Crippen LogP contribution in [0.4, 0.5) is 0 Å². The molecular weight excluding hydrogens is 250 g/mol. The van der Waals surface area contributed by atoms with Gasteiger partial charge < -0.3 is 4.90 Å². The van der Waals surface area contributed by atoms with Crippen molar-refractivity contribution in [2.24, 2.45) is 11.8 Å². The highest BCUT2D eigenvalue weighted by atomic mass is 32.2. The van der Waals surface area contributed by atoms with Crippen molar-refractivity contribution in [1.82, 2.24) is 4.90 Å². The minimum absolute atomic E-state index is 0.224. The van der Waals surface area contributed by atoms with Gasteiger partial charge in [0.25, 0.3) is 0 Å². The maximum atomic E-state index is 11.9. The predicted octanol–water partition coefficient (Wildman–Crippen LogP) is 3.35. The second kappa shape index (κ2) is 7.37. The molecule has 0 aromatic heterocycles. The van der Waals surface area contributed by atoms with Crippen LogP contribution in [0.5, 0.6) is 0 Å². The maximum Gasteiger partial charge on any atom is 0.137 e. The van der Waals surface area contributed by atoms with Gasteiger partial charge in [0, 0.05) is 31.2 Å². The lowest BCUT2D eigenvalue weighted by Crippen LogP contribution is -2.31. The number of thioether (sulfide) groups is 1. The third-order valence-corrected chi connectivity index (χ3v) is 5.23. The summed E-state index contributed by atoms with van der Waals surface area (Å²) in [5.74, 6) is 2.07. The van der Waals surface area contributed by atoms with Crippen molar-refractivity contribution in [2.75, 3.05) is 18.8 Å². The summed E-state index contributed by atoms with van der Waals surface area (Å²) in [5.41, 5.74) is 0. The number of carbonyl (C=O) groups is 1. The fourth-order valence-electron chi connectivity index (χ4n) is 2.29. The summed E-state index contributed by atoms with van der Waals surface area (Å²) in [6, 6.07) is 0. The van der Waals surface area contributed by atoms with Gasteiger partial charge in [0.1, 0.15) is 10.1 Å². The molecule has 17 heavy (non-hydrogen) atoms. The Morgan fingerprint density at radius 3 is 2.65 bits per heavy atom. The number of hydrogen-bond acceptors (Lipinski definition) is 3. The molecule has 1 fully saturated rings. The van der Waals surface area contributed by atoms with Gasteiger partial charge in [0.15, 0.2) is 0 Å². The zero-order chi connectivity index (χ0) is 12.8. The Balaban J connectivity index is 2.43. The van der Waals surface area contributed by atoms with Crippen LogP contribution in [0.2, 0.25) is 0 Å². The predicted molar refractivity (Wildman–Crippen MR) is 79.5 cm³/mol. The zero-order valence-electron chi connectivity index (χ0n) is 11.1. The fraction of sp³-hybridized carbons (Fsp3) is 0.846. The second-order valence-electron chi connectivity index (χ2n) is 4.69. The van der Waals surface area contributed by atoms with Gasteiger partial charge in [-0.05, 0) is 32.6 Å². The summed E-state index contributed by atoms with van der Waals surface area (Å²) < 4.78 is 0.945. The second-order valence-corrected chi connectivity index (χ2v) is 6.35. The lowest BCUT2D eigenvalue weighted by molar-refractivity contribution is -0.125. The molecule has 0 radical (unpaired) electrons. The maximum absolute atomic E-state index is 11.9. The van der Waals surface area contributed by atoms with Crippen LogP contribution in [-0.2, 0) is 4.79 Å². The van der Waals surface area contributed by atoms with Crippen LogP contribution in [0, 0.1) is 11.8 Å². The van der Waals surface area contributed by atoms with E-state index < -0.39 is 0 Å². The average molecular weight is 273 g/mol. The van der Waals surface area contributed by atoms with Crippen LogP contribution < -0.4 is 0 Å². The van der Waals surface area contributed by atoms with Crippen LogP contribution in [0.15, 0.2) is 0 Å². The first-order valence-electron chi connectivity index (χ1n) is 6.54. The number of Topliss-reactive ketones (excluding diaryl/α,β-unsaturated/α-hetero) is 1. The Labute approximate surface area is 115 Å². The third-order valence-electron chi connectivity index (χ3n) is 3.59. The summed E-state index contributed by atoms with van der Waals surface area (Å²) in [6.07, 6.45) is 3.03. The number of thiocarbonyl (C=S) groups is 1. The van der Waals surface area contributed by atoms with Gasteiger partial charge in [0.2, 0.25) is 0 Å². The van der Waals surface area contributed by atoms with Crippen LogP contribution in [0.3, 0.4) is 0 Å². The highest BCUT2D eigenvalue weighted by Crippen LogP contribution is 2.30. The van der Waals surface area contributed by atoms with Gasteiger partial charge in [-0.15, -0.1) is 0 Å². The van der Waals surface area contributed by atoms with E-state index in [-0.39, 0.29) is 5.92 Å². The summed E-state index contributed by atoms with van der Waals surface area (Å²) in [6.45, 7) is 8.34. The van der Waals surface area contributed by atoms with E-state index in [4.69, 9.17) is 12.2 Å². The minimum atomic E-state index is 0.224. The molecule has 0 aromatic carbocycles. The van der Waals surface area contributed by atoms with E-state index in [1.807, 2.05) is 0 Å². The molecule has 1 rings (SSSR count). The molecule has 1 saturated carbocycles. The van der Waals surface area contributed by atoms with Gasteiger partial charge >= 0.3 is 0 Å². The molecular formula is C13H23NOS2. The number of carbonyl (C=O) groups excluding carboxylic acids is 1. The van der Waals surface area contributed by atoms with E-state index in [0.717, 1.165) is 36.0 Å². The van der Waals surface area contributed by atoms with Crippen molar-refractivity contribution in [3.8, 4) is 0 Å². The van der Waals surface area contributed by atoms with Crippen LogP contribution in [0.1, 0.15) is 40.0 Å². The van der Waals surface area contributed by atoms with Crippen molar-refractivity contribution >= 4 is 34.1 Å². The van der Waals surface area contributed by atoms with E-state index >= 15 is 0 Å². The summed E-state index contributed by atoms with van der Waals surface area (Å²) in [5, 5.41) is 0. The third kappa shape index (κ3) is 4.25. The smallest absolute Gasteiger partial charge is 0.137 e.